The molecule has 0 aliphatic heterocycles. The van der Waals surface area contributed by atoms with Crippen LogP contribution in [0, 0.1) is 17.0 Å². The summed E-state index contributed by atoms with van der Waals surface area (Å²) in [7, 11) is -3.03. The Bertz CT molecular complexity index is 1110. The number of aryl methyl sites for hydroxylation is 1. The number of nitro groups is 1. The van der Waals surface area contributed by atoms with E-state index in [9.17, 15) is 23.3 Å². The number of nitrogens with one attached hydrogen (secondary N) is 1. The first-order valence-corrected chi connectivity index (χ1v) is 11.7. The van der Waals surface area contributed by atoms with Gasteiger partial charge < -0.3 is 10.1 Å². The zero-order chi connectivity index (χ0) is 24.1. The number of amides is 1. The molecule has 0 radical (unpaired) electrons. The fourth-order valence-corrected chi connectivity index (χ4v) is 4.80. The Morgan fingerprint density at radius 1 is 1.28 bits per heavy atom. The van der Waals surface area contributed by atoms with Crippen LogP contribution in [0.25, 0.3) is 0 Å². The first-order valence-electron chi connectivity index (χ1n) is 9.92. The summed E-state index contributed by atoms with van der Waals surface area (Å²) < 4.78 is 33.3. The number of nitrogens with zero attached hydrogens (tertiary/aromatic N) is 2. The Hall–Kier alpha value is -2.85. The van der Waals surface area contributed by atoms with Crippen LogP contribution in [-0.2, 0) is 14.8 Å². The van der Waals surface area contributed by atoms with Crippen LogP contribution in [0.5, 0.6) is 5.75 Å². The number of sulfonamides is 1. The van der Waals surface area contributed by atoms with E-state index in [4.69, 9.17) is 16.3 Å². The smallest absolute Gasteiger partial charge is 0.273 e. The molecule has 32 heavy (non-hydrogen) atoms. The van der Waals surface area contributed by atoms with Crippen molar-refractivity contribution in [1.82, 2.24) is 5.32 Å². The molecule has 1 amide bonds. The highest BCUT2D eigenvalue weighted by Crippen LogP contribution is 2.35. The molecule has 2 aromatic carbocycles. The van der Waals surface area contributed by atoms with Gasteiger partial charge in [0, 0.05) is 22.7 Å². The predicted octanol–water partition coefficient (Wildman–Crippen LogP) is 4.07. The molecule has 11 heteroatoms. The highest BCUT2D eigenvalue weighted by Gasteiger charge is 2.31. The first kappa shape index (κ1) is 25.4. The molecule has 0 aromatic heterocycles. The van der Waals surface area contributed by atoms with Crippen LogP contribution in [0.2, 0.25) is 5.02 Å². The fourth-order valence-electron chi connectivity index (χ4n) is 3.19. The third kappa shape index (κ3) is 5.89. The van der Waals surface area contributed by atoms with Crippen molar-refractivity contribution >= 4 is 38.9 Å². The zero-order valence-electron chi connectivity index (χ0n) is 18.3. The number of carbonyl (C=O) groups is 1. The maximum atomic E-state index is 13.6. The molecule has 2 aromatic rings. The molecular formula is C21H26ClN3O6S. The molecule has 1 atom stereocenters. The van der Waals surface area contributed by atoms with Crippen molar-refractivity contribution in [2.75, 3.05) is 18.0 Å². The van der Waals surface area contributed by atoms with Gasteiger partial charge in [-0.05, 0) is 44.5 Å². The van der Waals surface area contributed by atoms with Gasteiger partial charge in [0.1, 0.15) is 12.3 Å². The largest absolute Gasteiger partial charge is 0.495 e. The van der Waals surface area contributed by atoms with E-state index in [1.165, 1.54) is 44.4 Å². The Labute approximate surface area is 192 Å². The standard InChI is InChI=1S/C21H26ClN3O6S/c1-5-6-15(3)23-21(26)13-24(19-11-16(22)8-10-20(19)31-4)32(29,30)17-9-7-14(2)18(12-17)25(27)28/h7-12,15H,5-6,13H2,1-4H3,(H,23,26)/t15-/m1/s1. The van der Waals surface area contributed by atoms with Crippen LogP contribution in [-0.4, -0.2) is 38.9 Å². The van der Waals surface area contributed by atoms with E-state index in [1.54, 1.807) is 0 Å². The third-order valence-electron chi connectivity index (χ3n) is 4.79. The average molecular weight is 484 g/mol. The van der Waals surface area contributed by atoms with Crippen LogP contribution in [0.3, 0.4) is 0 Å². The summed E-state index contributed by atoms with van der Waals surface area (Å²) in [5, 5.41) is 14.3. The highest BCUT2D eigenvalue weighted by molar-refractivity contribution is 7.92. The summed E-state index contributed by atoms with van der Waals surface area (Å²) in [6.45, 7) is 4.74. The Balaban J connectivity index is 2.60. The molecular weight excluding hydrogens is 458 g/mol. The molecule has 0 aliphatic carbocycles. The quantitative estimate of drug-likeness (QED) is 0.402. The predicted molar refractivity (Wildman–Crippen MR) is 123 cm³/mol. The molecule has 0 unspecified atom stereocenters. The number of rotatable bonds is 10. The number of anilines is 1. The Morgan fingerprint density at radius 2 is 1.97 bits per heavy atom. The van der Waals surface area contributed by atoms with E-state index in [1.807, 2.05) is 13.8 Å². The second-order valence-corrected chi connectivity index (χ2v) is 9.59. The molecule has 1 N–H and O–H groups in total. The molecule has 0 saturated heterocycles. The van der Waals surface area contributed by atoms with Gasteiger partial charge in [0.15, 0.2) is 0 Å². The summed E-state index contributed by atoms with van der Waals surface area (Å²) in [5.41, 5.74) is 0.0126. The molecule has 0 heterocycles. The molecule has 2 rings (SSSR count). The van der Waals surface area contributed by atoms with E-state index in [0.717, 1.165) is 23.2 Å². The van der Waals surface area contributed by atoms with Gasteiger partial charge in [0.2, 0.25) is 5.91 Å². The summed E-state index contributed by atoms with van der Waals surface area (Å²) in [5.74, 6) is -0.354. The number of ether oxygens (including phenoxy) is 1. The molecule has 174 valence electrons. The van der Waals surface area contributed by atoms with Crippen molar-refractivity contribution in [1.29, 1.82) is 0 Å². The van der Waals surface area contributed by atoms with Gasteiger partial charge in [-0.1, -0.05) is 31.0 Å². The lowest BCUT2D eigenvalue weighted by Gasteiger charge is -2.26. The third-order valence-corrected chi connectivity index (χ3v) is 6.78. The minimum atomic E-state index is -4.39. The Morgan fingerprint density at radius 3 is 2.56 bits per heavy atom. The number of nitro benzene ring substituents is 1. The fraction of sp³-hybridized carbons (Fsp3) is 0.381. The number of hydrogen-bond donors (Lipinski definition) is 1. The number of hydrogen-bond acceptors (Lipinski definition) is 6. The number of methoxy groups -OCH3 is 1. The molecule has 0 aliphatic rings. The molecule has 9 nitrogen and oxygen atoms in total. The molecule has 0 fully saturated rings. The van der Waals surface area contributed by atoms with Crippen molar-refractivity contribution in [3.63, 3.8) is 0 Å². The summed E-state index contributed by atoms with van der Waals surface area (Å²) in [4.78, 5) is 23.1. The van der Waals surface area contributed by atoms with Gasteiger partial charge >= 0.3 is 0 Å². The van der Waals surface area contributed by atoms with Gasteiger partial charge in [-0.25, -0.2) is 8.42 Å². The van der Waals surface area contributed by atoms with Gasteiger partial charge in [-0.15, -0.1) is 0 Å². The minimum Gasteiger partial charge on any atom is -0.495 e. The number of benzene rings is 2. The van der Waals surface area contributed by atoms with E-state index in [2.05, 4.69) is 5.32 Å². The van der Waals surface area contributed by atoms with Crippen LogP contribution in [0.1, 0.15) is 32.3 Å². The van der Waals surface area contributed by atoms with Crippen molar-refractivity contribution in [2.45, 2.75) is 44.6 Å². The normalized spacial score (nSPS) is 12.2. The lowest BCUT2D eigenvalue weighted by atomic mass is 10.2. The van der Waals surface area contributed by atoms with Crippen LogP contribution >= 0.6 is 11.6 Å². The maximum Gasteiger partial charge on any atom is 0.273 e. The van der Waals surface area contributed by atoms with E-state index in [-0.39, 0.29) is 33.1 Å². The second-order valence-electron chi connectivity index (χ2n) is 7.29. The van der Waals surface area contributed by atoms with Gasteiger partial charge in [0.25, 0.3) is 15.7 Å². The zero-order valence-corrected chi connectivity index (χ0v) is 19.9. The summed E-state index contributed by atoms with van der Waals surface area (Å²) >= 11 is 6.10. The van der Waals surface area contributed by atoms with E-state index >= 15 is 0 Å². The van der Waals surface area contributed by atoms with Crippen molar-refractivity contribution in [3.8, 4) is 5.75 Å². The lowest BCUT2D eigenvalue weighted by Crippen LogP contribution is -2.43. The van der Waals surface area contributed by atoms with Crippen molar-refractivity contribution < 1.29 is 22.9 Å². The van der Waals surface area contributed by atoms with Crippen LogP contribution in [0.4, 0.5) is 11.4 Å². The topological polar surface area (TPSA) is 119 Å². The van der Waals surface area contributed by atoms with Crippen molar-refractivity contribution in [2.24, 2.45) is 0 Å². The molecule has 0 saturated carbocycles. The second kappa shape index (κ2) is 10.6. The summed E-state index contributed by atoms with van der Waals surface area (Å²) in [6, 6.07) is 7.81. The lowest BCUT2D eigenvalue weighted by molar-refractivity contribution is -0.385. The number of carbonyl (C=O) groups excluding carboxylic acids is 1. The first-order chi connectivity index (χ1) is 15.0. The SMILES string of the molecule is CCC[C@@H](C)NC(=O)CN(c1cc(Cl)ccc1OC)S(=O)(=O)c1ccc(C)c([N+](=O)[O-])c1. The summed E-state index contributed by atoms with van der Waals surface area (Å²) in [6.07, 6.45) is 1.57. The van der Waals surface area contributed by atoms with Gasteiger partial charge in [-0.3, -0.25) is 19.2 Å². The van der Waals surface area contributed by atoms with E-state index < -0.39 is 27.4 Å². The van der Waals surface area contributed by atoms with Gasteiger partial charge in [0.05, 0.1) is 22.6 Å². The Kier molecular flexibility index (Phi) is 8.45. The van der Waals surface area contributed by atoms with Crippen LogP contribution < -0.4 is 14.4 Å². The van der Waals surface area contributed by atoms with Gasteiger partial charge in [-0.2, -0.15) is 0 Å². The highest BCUT2D eigenvalue weighted by atomic mass is 35.5. The maximum absolute atomic E-state index is 13.6. The van der Waals surface area contributed by atoms with E-state index in [0.29, 0.717) is 5.56 Å². The average Bonchev–Trinajstić information content (AvgIpc) is 2.72. The monoisotopic (exact) mass is 483 g/mol. The minimum absolute atomic E-state index is 0.0431. The van der Waals surface area contributed by atoms with Crippen LogP contribution in [0.15, 0.2) is 41.3 Å². The number of halogens is 1. The molecule has 0 bridgehead atoms. The molecule has 0 spiro atoms. The van der Waals surface area contributed by atoms with Crippen molar-refractivity contribution in [3.05, 3.63) is 57.1 Å².